The molecule has 3 heterocycles. The summed E-state index contributed by atoms with van der Waals surface area (Å²) in [5.41, 5.74) is 4.74. The molecule has 1 aliphatic heterocycles. The summed E-state index contributed by atoms with van der Waals surface area (Å²) in [5.74, 6) is -1.27. The summed E-state index contributed by atoms with van der Waals surface area (Å²) in [6.07, 6.45) is -0.0141. The minimum atomic E-state index is -4.48. The van der Waals surface area contributed by atoms with Crippen molar-refractivity contribution in [2.24, 2.45) is 11.7 Å². The molecule has 2 unspecified atom stereocenters. The Kier molecular flexibility index (Phi) is 7.88. The van der Waals surface area contributed by atoms with Crippen molar-refractivity contribution in [1.82, 2.24) is 19.9 Å². The van der Waals surface area contributed by atoms with Crippen molar-refractivity contribution in [2.75, 3.05) is 36.4 Å². The molecule has 2 aromatic rings. The summed E-state index contributed by atoms with van der Waals surface area (Å²) in [6, 6.07) is 2.24. The number of halogens is 4. The first kappa shape index (κ1) is 26.0. The van der Waals surface area contributed by atoms with Crippen LogP contribution in [0.1, 0.15) is 36.9 Å². The van der Waals surface area contributed by atoms with Crippen LogP contribution >= 0.6 is 0 Å². The lowest BCUT2D eigenvalue weighted by Gasteiger charge is -2.38. The predicted molar refractivity (Wildman–Crippen MR) is 123 cm³/mol. The van der Waals surface area contributed by atoms with Crippen LogP contribution in [0.2, 0.25) is 0 Å². The number of hydrogen-bond acceptors (Lipinski definition) is 8. The molecule has 1 saturated carbocycles. The number of piperidine rings is 1. The van der Waals surface area contributed by atoms with E-state index in [4.69, 9.17) is 5.73 Å². The molecule has 1 amide bonds. The number of hydrogen-bond donors (Lipinski definition) is 3. The van der Waals surface area contributed by atoms with Crippen molar-refractivity contribution in [3.8, 4) is 0 Å². The van der Waals surface area contributed by atoms with E-state index in [2.05, 4.69) is 20.3 Å². The number of nitrogens with zero attached hydrogens (tertiary/aromatic N) is 5. The maximum Gasteiger partial charge on any atom is 0.417 e. The minimum absolute atomic E-state index is 0.0113. The standard InChI is InChI=1S/C23H29F4N7O2/c24-20-21(30-8-14-6-7-33(11-18(14)35)12-19(28)36)31-13-32-22(20)34(17-2-1-3-17)10-16-5-4-15(9-29-16)23(25,26)27/h4-5,9,13-14,17-18,35H,1-3,6-8,10-12H2,(H2,28,36)(H,30,31,32). The zero-order chi connectivity index (χ0) is 25.9. The average molecular weight is 512 g/mol. The third-order valence-electron chi connectivity index (χ3n) is 6.76. The number of carbonyl (C=O) groups is 1. The molecule has 1 saturated heterocycles. The van der Waals surface area contributed by atoms with Crippen LogP contribution in [0, 0.1) is 11.7 Å². The molecule has 9 nitrogen and oxygen atoms in total. The molecule has 0 radical (unpaired) electrons. The van der Waals surface area contributed by atoms with Crippen LogP contribution in [-0.4, -0.2) is 69.2 Å². The SMILES string of the molecule is NC(=O)CN1CCC(CNc2ncnc(N(Cc3ccc(C(F)(F)F)cn3)C3CCC3)c2F)C(O)C1. The summed E-state index contributed by atoms with van der Waals surface area (Å²) < 4.78 is 54.1. The van der Waals surface area contributed by atoms with Gasteiger partial charge in [-0.1, -0.05) is 0 Å². The normalized spacial score (nSPS) is 21.1. The Hall–Kier alpha value is -3.06. The lowest BCUT2D eigenvalue weighted by Crippen LogP contribution is -2.48. The third-order valence-corrected chi connectivity index (χ3v) is 6.76. The number of rotatable bonds is 9. The summed E-state index contributed by atoms with van der Waals surface area (Å²) >= 11 is 0. The number of aliphatic hydroxyl groups excluding tert-OH is 1. The van der Waals surface area contributed by atoms with Gasteiger partial charge in [-0.15, -0.1) is 0 Å². The van der Waals surface area contributed by atoms with Crippen molar-refractivity contribution in [2.45, 2.75) is 50.6 Å². The van der Waals surface area contributed by atoms with Crippen molar-refractivity contribution < 1.29 is 27.5 Å². The van der Waals surface area contributed by atoms with E-state index in [1.807, 2.05) is 0 Å². The lowest BCUT2D eigenvalue weighted by atomic mass is 9.91. The van der Waals surface area contributed by atoms with Crippen LogP contribution in [0.25, 0.3) is 0 Å². The minimum Gasteiger partial charge on any atom is -0.391 e. The van der Waals surface area contributed by atoms with Gasteiger partial charge in [-0.2, -0.15) is 17.6 Å². The van der Waals surface area contributed by atoms with E-state index >= 15 is 4.39 Å². The van der Waals surface area contributed by atoms with E-state index in [1.54, 1.807) is 9.80 Å². The smallest absolute Gasteiger partial charge is 0.391 e. The summed E-state index contributed by atoms with van der Waals surface area (Å²) in [5, 5.41) is 13.4. The molecule has 0 aromatic carbocycles. The van der Waals surface area contributed by atoms with Gasteiger partial charge in [0.2, 0.25) is 11.7 Å². The first-order valence-corrected chi connectivity index (χ1v) is 11.8. The fraction of sp³-hybridized carbons (Fsp3) is 0.565. The van der Waals surface area contributed by atoms with Crippen LogP contribution in [0.15, 0.2) is 24.7 Å². The first-order chi connectivity index (χ1) is 17.1. The van der Waals surface area contributed by atoms with E-state index in [1.165, 1.54) is 12.4 Å². The van der Waals surface area contributed by atoms with Gasteiger partial charge in [0.05, 0.1) is 30.5 Å². The summed E-state index contributed by atoms with van der Waals surface area (Å²) in [6.45, 7) is 1.32. The van der Waals surface area contributed by atoms with E-state index in [-0.39, 0.29) is 43.2 Å². The number of amides is 1. The Balaban J connectivity index is 1.45. The number of β-amino-alcohol motifs (C(OH)–C–C–N with tert-alkyl or cyclic N) is 1. The Morgan fingerprint density at radius 2 is 2.00 bits per heavy atom. The Morgan fingerprint density at radius 3 is 2.58 bits per heavy atom. The second-order valence-electron chi connectivity index (χ2n) is 9.31. The van der Waals surface area contributed by atoms with Gasteiger partial charge >= 0.3 is 6.18 Å². The van der Waals surface area contributed by atoms with Gasteiger partial charge in [0.15, 0.2) is 11.6 Å². The fourth-order valence-corrected chi connectivity index (χ4v) is 4.50. The third kappa shape index (κ3) is 6.19. The molecule has 4 N–H and O–H groups in total. The largest absolute Gasteiger partial charge is 0.417 e. The van der Waals surface area contributed by atoms with Crippen molar-refractivity contribution >= 4 is 17.5 Å². The molecule has 0 bridgehead atoms. The number of carbonyl (C=O) groups excluding carboxylic acids is 1. The zero-order valence-electron chi connectivity index (χ0n) is 19.6. The number of nitrogens with one attached hydrogen (secondary N) is 1. The van der Waals surface area contributed by atoms with Crippen molar-refractivity contribution in [1.29, 1.82) is 0 Å². The number of aliphatic hydroxyl groups is 1. The van der Waals surface area contributed by atoms with Crippen LogP contribution in [0.5, 0.6) is 0 Å². The van der Waals surface area contributed by atoms with E-state index in [9.17, 15) is 23.1 Å². The van der Waals surface area contributed by atoms with E-state index < -0.39 is 29.6 Å². The molecule has 13 heteroatoms. The Labute approximate surface area is 205 Å². The molecular weight excluding hydrogens is 482 g/mol. The average Bonchev–Trinajstić information content (AvgIpc) is 2.77. The van der Waals surface area contributed by atoms with Gasteiger partial charge in [0.1, 0.15) is 6.33 Å². The Bertz CT molecular complexity index is 1050. The van der Waals surface area contributed by atoms with Gasteiger partial charge in [0.25, 0.3) is 0 Å². The first-order valence-electron chi connectivity index (χ1n) is 11.8. The number of nitrogens with two attached hydrogens (primary N) is 1. The van der Waals surface area contributed by atoms with Gasteiger partial charge in [-0.3, -0.25) is 14.7 Å². The van der Waals surface area contributed by atoms with Gasteiger partial charge < -0.3 is 21.1 Å². The highest BCUT2D eigenvalue weighted by Gasteiger charge is 2.33. The molecular formula is C23H29F4N7O2. The quantitative estimate of drug-likeness (QED) is 0.438. The van der Waals surface area contributed by atoms with E-state index in [0.29, 0.717) is 25.2 Å². The highest BCUT2D eigenvalue weighted by atomic mass is 19.4. The number of likely N-dealkylation sites (tertiary alicyclic amines) is 1. The molecule has 0 spiro atoms. The topological polar surface area (TPSA) is 120 Å². The van der Waals surface area contributed by atoms with E-state index in [0.717, 1.165) is 31.5 Å². The second-order valence-corrected chi connectivity index (χ2v) is 9.31. The maximum atomic E-state index is 15.5. The van der Waals surface area contributed by atoms with Crippen molar-refractivity contribution in [3.63, 3.8) is 0 Å². The lowest BCUT2D eigenvalue weighted by molar-refractivity contribution is -0.137. The zero-order valence-corrected chi connectivity index (χ0v) is 19.6. The predicted octanol–water partition coefficient (Wildman–Crippen LogP) is 2.17. The maximum absolute atomic E-state index is 15.5. The molecule has 2 atom stereocenters. The van der Waals surface area contributed by atoms with Gasteiger partial charge in [-0.05, 0) is 44.4 Å². The highest BCUT2D eigenvalue weighted by Crippen LogP contribution is 2.33. The number of aromatic nitrogens is 3. The number of primary amides is 1. The van der Waals surface area contributed by atoms with Gasteiger partial charge in [0, 0.05) is 31.2 Å². The van der Waals surface area contributed by atoms with Crippen LogP contribution in [0.3, 0.4) is 0 Å². The monoisotopic (exact) mass is 511 g/mol. The molecule has 4 rings (SSSR count). The second kappa shape index (κ2) is 10.9. The molecule has 2 fully saturated rings. The molecule has 1 aliphatic carbocycles. The molecule has 36 heavy (non-hydrogen) atoms. The fourth-order valence-electron chi connectivity index (χ4n) is 4.50. The number of anilines is 2. The van der Waals surface area contributed by atoms with Crippen molar-refractivity contribution in [3.05, 3.63) is 41.7 Å². The Morgan fingerprint density at radius 1 is 1.22 bits per heavy atom. The highest BCUT2D eigenvalue weighted by molar-refractivity contribution is 5.75. The van der Waals surface area contributed by atoms with Crippen LogP contribution < -0.4 is 16.0 Å². The van der Waals surface area contributed by atoms with Gasteiger partial charge in [-0.25, -0.2) is 9.97 Å². The molecule has 2 aliphatic rings. The summed E-state index contributed by atoms with van der Waals surface area (Å²) in [7, 11) is 0. The molecule has 196 valence electrons. The number of alkyl halides is 3. The van der Waals surface area contributed by atoms with Crippen LogP contribution in [-0.2, 0) is 17.5 Å². The number of pyridine rings is 1. The van der Waals surface area contributed by atoms with Crippen LogP contribution in [0.4, 0.5) is 29.2 Å². The summed E-state index contributed by atoms with van der Waals surface area (Å²) in [4.78, 5) is 26.7. The molecule has 2 aromatic heterocycles.